The molecule has 1 amide bonds. The van der Waals surface area contributed by atoms with Crippen LogP contribution in [0.25, 0.3) is 11.0 Å². The van der Waals surface area contributed by atoms with Crippen molar-refractivity contribution in [1.29, 1.82) is 0 Å². The molecular weight excluding hydrogens is 308 g/mol. The highest BCUT2D eigenvalue weighted by Gasteiger charge is 2.16. The Balaban J connectivity index is 1.74. The van der Waals surface area contributed by atoms with Gasteiger partial charge in [-0.15, -0.1) is 0 Å². The van der Waals surface area contributed by atoms with E-state index in [0.29, 0.717) is 36.0 Å². The summed E-state index contributed by atoms with van der Waals surface area (Å²) in [5, 5.41) is 0.447. The summed E-state index contributed by atoms with van der Waals surface area (Å²) in [5.41, 5.74) is 0.347. The normalized spacial score (nSPS) is 15.7. The van der Waals surface area contributed by atoms with Crippen LogP contribution in [-0.4, -0.2) is 28.5 Å². The lowest BCUT2D eigenvalue weighted by atomic mass is 10.2. The van der Waals surface area contributed by atoms with E-state index in [2.05, 4.69) is 0 Å². The maximum Gasteiger partial charge on any atom is 0.336 e. The molecule has 0 atom stereocenters. The SMILES string of the molecule is Cc1cc(=O)oc2ccn(CCCN3CCCCCC3=O)c(=O)c12. The Morgan fingerprint density at radius 1 is 1.12 bits per heavy atom. The minimum Gasteiger partial charge on any atom is -0.422 e. The van der Waals surface area contributed by atoms with Crippen molar-refractivity contribution in [3.05, 3.63) is 44.7 Å². The summed E-state index contributed by atoms with van der Waals surface area (Å²) >= 11 is 0. The summed E-state index contributed by atoms with van der Waals surface area (Å²) in [4.78, 5) is 37.9. The van der Waals surface area contributed by atoms with E-state index in [4.69, 9.17) is 4.42 Å². The molecule has 24 heavy (non-hydrogen) atoms. The number of likely N-dealkylation sites (tertiary alicyclic amines) is 1. The van der Waals surface area contributed by atoms with Gasteiger partial charge in [-0.3, -0.25) is 9.59 Å². The van der Waals surface area contributed by atoms with Crippen LogP contribution in [-0.2, 0) is 11.3 Å². The van der Waals surface area contributed by atoms with Gasteiger partial charge in [-0.1, -0.05) is 6.42 Å². The molecule has 6 heteroatoms. The average molecular weight is 330 g/mol. The first-order valence-electron chi connectivity index (χ1n) is 8.48. The summed E-state index contributed by atoms with van der Waals surface area (Å²) in [6.45, 7) is 3.76. The molecule has 1 aliphatic heterocycles. The van der Waals surface area contributed by atoms with E-state index in [1.165, 1.54) is 6.07 Å². The molecule has 6 nitrogen and oxygen atoms in total. The van der Waals surface area contributed by atoms with Crippen LogP contribution in [0.15, 0.2) is 32.3 Å². The van der Waals surface area contributed by atoms with E-state index in [-0.39, 0.29) is 11.5 Å². The van der Waals surface area contributed by atoms with Crippen molar-refractivity contribution in [2.45, 2.75) is 45.6 Å². The quantitative estimate of drug-likeness (QED) is 0.860. The Morgan fingerprint density at radius 3 is 2.79 bits per heavy atom. The predicted octanol–water partition coefficient (Wildman–Crippen LogP) is 2.06. The molecule has 1 aliphatic rings. The molecule has 3 heterocycles. The molecule has 0 spiro atoms. The van der Waals surface area contributed by atoms with Gasteiger partial charge in [0.15, 0.2) is 0 Å². The second-order valence-electron chi connectivity index (χ2n) is 6.35. The smallest absolute Gasteiger partial charge is 0.336 e. The fourth-order valence-electron chi connectivity index (χ4n) is 3.28. The number of carbonyl (C=O) groups is 1. The second-order valence-corrected chi connectivity index (χ2v) is 6.35. The lowest BCUT2D eigenvalue weighted by Crippen LogP contribution is -2.32. The second kappa shape index (κ2) is 7.03. The average Bonchev–Trinajstić information content (AvgIpc) is 2.73. The molecule has 1 saturated heterocycles. The topological polar surface area (TPSA) is 72.5 Å². The van der Waals surface area contributed by atoms with Crippen LogP contribution in [0.1, 0.15) is 37.7 Å². The fraction of sp³-hybridized carbons (Fsp3) is 0.500. The zero-order chi connectivity index (χ0) is 17.1. The van der Waals surface area contributed by atoms with E-state index < -0.39 is 5.63 Å². The number of fused-ring (bicyclic) bond motifs is 1. The number of rotatable bonds is 4. The first-order valence-corrected chi connectivity index (χ1v) is 8.48. The molecule has 2 aromatic heterocycles. The highest BCUT2D eigenvalue weighted by atomic mass is 16.4. The predicted molar refractivity (Wildman–Crippen MR) is 91.1 cm³/mol. The number of pyridine rings is 1. The van der Waals surface area contributed by atoms with Gasteiger partial charge in [-0.25, -0.2) is 4.79 Å². The third kappa shape index (κ3) is 3.42. The van der Waals surface area contributed by atoms with Gasteiger partial charge in [0.05, 0.1) is 5.39 Å². The van der Waals surface area contributed by atoms with Crippen molar-refractivity contribution in [1.82, 2.24) is 9.47 Å². The minimum absolute atomic E-state index is 0.157. The molecule has 3 rings (SSSR count). The number of hydrogen-bond donors (Lipinski definition) is 0. The van der Waals surface area contributed by atoms with Gasteiger partial charge >= 0.3 is 5.63 Å². The Morgan fingerprint density at radius 2 is 1.96 bits per heavy atom. The summed E-state index contributed by atoms with van der Waals surface area (Å²) in [5.74, 6) is 0.218. The van der Waals surface area contributed by atoms with Crippen LogP contribution in [0.3, 0.4) is 0 Å². The van der Waals surface area contributed by atoms with Crippen molar-refractivity contribution in [3.8, 4) is 0 Å². The molecule has 0 unspecified atom stereocenters. The molecule has 0 aromatic carbocycles. The molecule has 128 valence electrons. The van der Waals surface area contributed by atoms with Crippen LogP contribution in [0.4, 0.5) is 0 Å². The van der Waals surface area contributed by atoms with Crippen molar-refractivity contribution in [2.75, 3.05) is 13.1 Å². The highest BCUT2D eigenvalue weighted by molar-refractivity contribution is 5.78. The van der Waals surface area contributed by atoms with Crippen molar-refractivity contribution in [3.63, 3.8) is 0 Å². The monoisotopic (exact) mass is 330 g/mol. The first-order chi connectivity index (χ1) is 11.6. The summed E-state index contributed by atoms with van der Waals surface area (Å²) < 4.78 is 6.71. The van der Waals surface area contributed by atoms with E-state index in [1.54, 1.807) is 23.8 Å². The molecule has 0 radical (unpaired) electrons. The zero-order valence-corrected chi connectivity index (χ0v) is 13.9. The highest BCUT2D eigenvalue weighted by Crippen LogP contribution is 2.13. The first kappa shape index (κ1) is 16.5. The van der Waals surface area contributed by atoms with Gasteiger partial charge in [0.2, 0.25) is 5.91 Å². The molecule has 0 bridgehead atoms. The molecule has 0 N–H and O–H groups in total. The molecule has 0 aliphatic carbocycles. The third-order valence-electron chi connectivity index (χ3n) is 4.56. The molecule has 1 fully saturated rings. The van der Waals surface area contributed by atoms with Gasteiger partial charge in [0, 0.05) is 38.3 Å². The Hall–Kier alpha value is -2.37. The van der Waals surface area contributed by atoms with Gasteiger partial charge in [-0.2, -0.15) is 0 Å². The largest absolute Gasteiger partial charge is 0.422 e. The zero-order valence-electron chi connectivity index (χ0n) is 13.9. The molecule has 0 saturated carbocycles. The van der Waals surface area contributed by atoms with Crippen molar-refractivity contribution < 1.29 is 9.21 Å². The standard InChI is InChI=1S/C18H22N2O4/c1-13-12-16(22)24-14-7-11-20(18(23)17(13)14)10-5-9-19-8-4-2-3-6-15(19)21/h7,11-12H,2-6,8-10H2,1H3. The number of aryl methyl sites for hydroxylation is 2. The van der Waals surface area contributed by atoms with E-state index >= 15 is 0 Å². The number of amides is 1. The minimum atomic E-state index is -0.447. The van der Waals surface area contributed by atoms with Gasteiger partial charge in [0.25, 0.3) is 5.56 Å². The van der Waals surface area contributed by atoms with Gasteiger partial charge < -0.3 is 13.9 Å². The summed E-state index contributed by atoms with van der Waals surface area (Å²) in [6, 6.07) is 2.99. The third-order valence-corrected chi connectivity index (χ3v) is 4.56. The van der Waals surface area contributed by atoms with Crippen LogP contribution in [0, 0.1) is 6.92 Å². The van der Waals surface area contributed by atoms with E-state index in [9.17, 15) is 14.4 Å². The van der Waals surface area contributed by atoms with Crippen LogP contribution >= 0.6 is 0 Å². The van der Waals surface area contributed by atoms with E-state index in [1.807, 2.05) is 4.90 Å². The fourth-order valence-corrected chi connectivity index (χ4v) is 3.28. The Bertz CT molecular complexity index is 865. The summed E-state index contributed by atoms with van der Waals surface area (Å²) in [6.07, 6.45) is 6.15. The van der Waals surface area contributed by atoms with Crippen LogP contribution < -0.4 is 11.2 Å². The van der Waals surface area contributed by atoms with Crippen molar-refractivity contribution >= 4 is 16.9 Å². The maximum absolute atomic E-state index is 12.6. The van der Waals surface area contributed by atoms with E-state index in [0.717, 1.165) is 32.2 Å². The molecule has 2 aromatic rings. The van der Waals surface area contributed by atoms with Crippen LogP contribution in [0.2, 0.25) is 0 Å². The number of carbonyl (C=O) groups excluding carboxylic acids is 1. The lowest BCUT2D eigenvalue weighted by Gasteiger charge is -2.20. The number of hydrogen-bond acceptors (Lipinski definition) is 4. The Labute approximate surface area is 139 Å². The van der Waals surface area contributed by atoms with Gasteiger partial charge in [-0.05, 0) is 37.8 Å². The summed E-state index contributed by atoms with van der Waals surface area (Å²) in [7, 11) is 0. The number of aromatic nitrogens is 1. The van der Waals surface area contributed by atoms with Gasteiger partial charge in [0.1, 0.15) is 5.58 Å². The van der Waals surface area contributed by atoms with Crippen LogP contribution in [0.5, 0.6) is 0 Å². The lowest BCUT2D eigenvalue weighted by molar-refractivity contribution is -0.130. The Kier molecular flexibility index (Phi) is 4.83. The number of nitrogens with zero attached hydrogens (tertiary/aromatic N) is 2. The van der Waals surface area contributed by atoms with Crippen molar-refractivity contribution in [2.24, 2.45) is 0 Å². The maximum atomic E-state index is 12.6. The molecular formula is C18H22N2O4.